The molecule has 7 rings (SSSR count). The predicted octanol–water partition coefficient (Wildman–Crippen LogP) is 10.3. The normalized spacial score (nSPS) is 13.6. The Morgan fingerprint density at radius 1 is 0.459 bits per heavy atom. The maximum Gasteiger partial charge on any atom is 0.0159 e. The van der Waals surface area contributed by atoms with E-state index in [4.69, 9.17) is 0 Å². The molecule has 1 aliphatic rings. The minimum Gasteiger partial charge on any atom is -0.0622 e. The predicted molar refractivity (Wildman–Crippen MR) is 159 cm³/mol. The summed E-state index contributed by atoms with van der Waals surface area (Å²) in [7, 11) is 0. The molecule has 0 amide bonds. The molecule has 0 saturated heterocycles. The number of fused-ring (bicyclic) bond motifs is 5. The Hall–Kier alpha value is -4.16. The molecule has 0 bridgehead atoms. The zero-order valence-electron chi connectivity index (χ0n) is 21.9. The highest BCUT2D eigenvalue weighted by Crippen LogP contribution is 2.51. The fraction of sp³-hybridized carbons (Fsp3) is 0.135. The van der Waals surface area contributed by atoms with Crippen molar-refractivity contribution in [3.8, 4) is 33.4 Å². The van der Waals surface area contributed by atoms with Crippen molar-refractivity contribution in [2.24, 2.45) is 0 Å². The van der Waals surface area contributed by atoms with Gasteiger partial charge in [-0.1, -0.05) is 117 Å². The van der Waals surface area contributed by atoms with E-state index in [-0.39, 0.29) is 5.41 Å². The van der Waals surface area contributed by atoms with E-state index in [1.165, 1.54) is 77.2 Å². The Kier molecular flexibility index (Phi) is 4.72. The van der Waals surface area contributed by atoms with Crippen LogP contribution in [0.5, 0.6) is 0 Å². The van der Waals surface area contributed by atoms with Crippen molar-refractivity contribution in [1.82, 2.24) is 0 Å². The van der Waals surface area contributed by atoms with E-state index in [0.29, 0.717) is 0 Å². The van der Waals surface area contributed by atoms with Crippen LogP contribution >= 0.6 is 0 Å². The highest BCUT2D eigenvalue weighted by atomic mass is 14.4. The van der Waals surface area contributed by atoms with E-state index >= 15 is 0 Å². The van der Waals surface area contributed by atoms with Crippen LogP contribution in [0.2, 0.25) is 0 Å². The van der Waals surface area contributed by atoms with Crippen molar-refractivity contribution < 1.29 is 0 Å². The first-order valence-corrected chi connectivity index (χ1v) is 13.2. The molecule has 0 nitrogen and oxygen atoms in total. The third-order valence-corrected chi connectivity index (χ3v) is 8.52. The molecule has 178 valence electrons. The maximum absolute atomic E-state index is 2.47. The maximum atomic E-state index is 2.47. The SMILES string of the molecule is Cc1cccc2c(-c3ccc4c(c3)C(C)(C)c3ccccc3-4)c3c(C)cccc3c(-c3ccccc3)c12. The summed E-state index contributed by atoms with van der Waals surface area (Å²) in [5.41, 5.74) is 13.4. The molecular weight excluding hydrogens is 444 g/mol. The fourth-order valence-electron chi connectivity index (χ4n) is 6.75. The van der Waals surface area contributed by atoms with E-state index in [9.17, 15) is 0 Å². The number of hydrogen-bond acceptors (Lipinski definition) is 0. The molecule has 0 unspecified atom stereocenters. The lowest BCUT2D eigenvalue weighted by Gasteiger charge is -2.23. The Morgan fingerprint density at radius 3 is 1.70 bits per heavy atom. The van der Waals surface area contributed by atoms with Gasteiger partial charge in [-0.2, -0.15) is 0 Å². The Labute approximate surface area is 219 Å². The van der Waals surface area contributed by atoms with Crippen molar-refractivity contribution in [2.75, 3.05) is 0 Å². The quantitative estimate of drug-likeness (QED) is 0.219. The lowest BCUT2D eigenvalue weighted by atomic mass is 9.79. The molecule has 6 aromatic carbocycles. The first kappa shape index (κ1) is 22.1. The summed E-state index contributed by atoms with van der Waals surface area (Å²) in [6.07, 6.45) is 0. The largest absolute Gasteiger partial charge is 0.0622 e. The van der Waals surface area contributed by atoms with Crippen LogP contribution in [-0.2, 0) is 5.41 Å². The van der Waals surface area contributed by atoms with Gasteiger partial charge in [0.15, 0.2) is 0 Å². The average molecular weight is 475 g/mol. The summed E-state index contributed by atoms with van der Waals surface area (Å²) in [5.74, 6) is 0. The molecule has 0 fully saturated rings. The summed E-state index contributed by atoms with van der Waals surface area (Å²) in [6, 6.07) is 40.5. The third kappa shape index (κ3) is 3.09. The Morgan fingerprint density at radius 2 is 1.03 bits per heavy atom. The Bertz CT molecular complexity index is 1850. The third-order valence-electron chi connectivity index (χ3n) is 8.52. The van der Waals surface area contributed by atoms with E-state index in [1.807, 2.05) is 0 Å². The second kappa shape index (κ2) is 7.92. The van der Waals surface area contributed by atoms with Gasteiger partial charge in [-0.3, -0.25) is 0 Å². The molecular formula is C37H30. The van der Waals surface area contributed by atoms with Crippen molar-refractivity contribution >= 4 is 21.5 Å². The molecule has 0 N–H and O–H groups in total. The van der Waals surface area contributed by atoms with Crippen LogP contribution in [0.4, 0.5) is 0 Å². The number of rotatable bonds is 2. The van der Waals surface area contributed by atoms with E-state index in [2.05, 4.69) is 137 Å². The second-order valence-corrected chi connectivity index (χ2v) is 11.0. The smallest absolute Gasteiger partial charge is 0.0159 e. The summed E-state index contributed by atoms with van der Waals surface area (Å²) in [6.45, 7) is 9.25. The monoisotopic (exact) mass is 474 g/mol. The summed E-state index contributed by atoms with van der Waals surface area (Å²) in [5, 5.41) is 5.36. The molecule has 0 atom stereocenters. The minimum atomic E-state index is -0.0253. The van der Waals surface area contributed by atoms with Gasteiger partial charge in [0.1, 0.15) is 0 Å². The van der Waals surface area contributed by atoms with Crippen molar-refractivity contribution in [3.05, 3.63) is 131 Å². The van der Waals surface area contributed by atoms with Gasteiger partial charge in [0, 0.05) is 5.41 Å². The molecule has 0 heterocycles. The van der Waals surface area contributed by atoms with Gasteiger partial charge in [0.25, 0.3) is 0 Å². The van der Waals surface area contributed by atoms with Crippen molar-refractivity contribution in [1.29, 1.82) is 0 Å². The number of hydrogen-bond donors (Lipinski definition) is 0. The van der Waals surface area contributed by atoms with Crippen LogP contribution in [0.25, 0.3) is 54.9 Å². The molecule has 0 aliphatic heterocycles. The highest BCUT2D eigenvalue weighted by Gasteiger charge is 2.35. The highest BCUT2D eigenvalue weighted by molar-refractivity contribution is 6.23. The van der Waals surface area contributed by atoms with Gasteiger partial charge >= 0.3 is 0 Å². The van der Waals surface area contributed by atoms with Crippen LogP contribution < -0.4 is 0 Å². The summed E-state index contributed by atoms with van der Waals surface area (Å²) < 4.78 is 0. The van der Waals surface area contributed by atoms with Gasteiger partial charge < -0.3 is 0 Å². The molecule has 0 aromatic heterocycles. The summed E-state index contributed by atoms with van der Waals surface area (Å²) >= 11 is 0. The van der Waals surface area contributed by atoms with E-state index < -0.39 is 0 Å². The van der Waals surface area contributed by atoms with Gasteiger partial charge in [0.2, 0.25) is 0 Å². The van der Waals surface area contributed by atoms with Crippen LogP contribution in [0.3, 0.4) is 0 Å². The number of benzene rings is 6. The van der Waals surface area contributed by atoms with Gasteiger partial charge in [0.05, 0.1) is 0 Å². The molecule has 37 heavy (non-hydrogen) atoms. The number of aryl methyl sites for hydroxylation is 2. The molecule has 0 heteroatoms. The van der Waals surface area contributed by atoms with E-state index in [1.54, 1.807) is 0 Å². The first-order chi connectivity index (χ1) is 18.0. The first-order valence-electron chi connectivity index (χ1n) is 13.2. The van der Waals surface area contributed by atoms with Crippen LogP contribution in [0.1, 0.15) is 36.1 Å². The van der Waals surface area contributed by atoms with Crippen molar-refractivity contribution in [2.45, 2.75) is 33.1 Å². The molecule has 0 spiro atoms. The van der Waals surface area contributed by atoms with Gasteiger partial charge in [-0.15, -0.1) is 0 Å². The zero-order chi connectivity index (χ0) is 25.3. The summed E-state index contributed by atoms with van der Waals surface area (Å²) in [4.78, 5) is 0. The Balaban J connectivity index is 1.62. The van der Waals surface area contributed by atoms with E-state index in [0.717, 1.165) is 0 Å². The van der Waals surface area contributed by atoms with Crippen LogP contribution in [0.15, 0.2) is 109 Å². The molecule has 0 saturated carbocycles. The topological polar surface area (TPSA) is 0 Å². The molecule has 1 aliphatic carbocycles. The molecule has 0 radical (unpaired) electrons. The van der Waals surface area contributed by atoms with Crippen LogP contribution in [-0.4, -0.2) is 0 Å². The minimum absolute atomic E-state index is 0.0253. The average Bonchev–Trinajstić information content (AvgIpc) is 3.15. The standard InChI is InChI=1S/C37H30/c1-23-12-11-18-30-33(23)35(25-14-6-5-7-15-25)29-17-10-13-24(2)34(29)36(30)26-20-21-28-27-16-8-9-19-31(27)37(3,4)32(28)22-26/h5-22H,1-4H3. The fourth-order valence-corrected chi connectivity index (χ4v) is 6.75. The van der Waals surface area contributed by atoms with Crippen molar-refractivity contribution in [3.63, 3.8) is 0 Å². The lowest BCUT2D eigenvalue weighted by molar-refractivity contribution is 0.660. The van der Waals surface area contributed by atoms with Crippen LogP contribution in [0, 0.1) is 13.8 Å². The second-order valence-electron chi connectivity index (χ2n) is 11.0. The molecule has 6 aromatic rings. The lowest BCUT2D eigenvalue weighted by Crippen LogP contribution is -2.14. The van der Waals surface area contributed by atoms with Gasteiger partial charge in [-0.05, 0) is 97.1 Å². The van der Waals surface area contributed by atoms with Gasteiger partial charge in [-0.25, -0.2) is 0 Å². The zero-order valence-corrected chi connectivity index (χ0v) is 21.9.